The number of para-hydroxylation sites is 2. The Balaban J connectivity index is 1.66. The largest absolute Gasteiger partial charge is 0.379 e. The van der Waals surface area contributed by atoms with Crippen LogP contribution >= 0.6 is 0 Å². The number of nitrogens with zero attached hydrogens (tertiary/aromatic N) is 2. The summed E-state index contributed by atoms with van der Waals surface area (Å²) >= 11 is 0. The maximum Gasteiger partial charge on any atom is 0.319 e. The van der Waals surface area contributed by atoms with Gasteiger partial charge < -0.3 is 15.4 Å². The molecule has 0 radical (unpaired) electrons. The number of benzene rings is 2. The van der Waals surface area contributed by atoms with E-state index in [4.69, 9.17) is 4.74 Å². The molecule has 1 atom stereocenters. The minimum Gasteiger partial charge on any atom is -0.379 e. The molecule has 0 bridgehead atoms. The van der Waals surface area contributed by atoms with E-state index >= 15 is 0 Å². The van der Waals surface area contributed by atoms with E-state index in [1.165, 1.54) is 12.1 Å². The monoisotopic (exact) mass is 370 g/mol. The van der Waals surface area contributed by atoms with Gasteiger partial charge in [0.15, 0.2) is 0 Å². The van der Waals surface area contributed by atoms with E-state index in [0.717, 1.165) is 18.7 Å². The molecule has 0 saturated carbocycles. The van der Waals surface area contributed by atoms with E-state index in [0.29, 0.717) is 19.8 Å². The Morgan fingerprint density at radius 2 is 1.78 bits per heavy atom. The lowest BCUT2D eigenvalue weighted by Gasteiger charge is -2.34. The molecule has 2 aromatic carbocycles. The van der Waals surface area contributed by atoms with Gasteiger partial charge in [0.2, 0.25) is 0 Å². The minimum absolute atomic E-state index is 0.00612. The number of hydrogen-bond donors (Lipinski definition) is 2. The molecule has 8 nitrogen and oxygen atoms in total. The van der Waals surface area contributed by atoms with Crippen molar-refractivity contribution < 1.29 is 14.5 Å². The average molecular weight is 370 g/mol. The average Bonchev–Trinajstić information content (AvgIpc) is 2.70. The van der Waals surface area contributed by atoms with Gasteiger partial charge in [-0.3, -0.25) is 15.0 Å². The molecule has 8 heteroatoms. The van der Waals surface area contributed by atoms with Crippen molar-refractivity contribution in [3.63, 3.8) is 0 Å². The molecule has 1 fully saturated rings. The SMILES string of the molecule is O=C(NC[C@@H](c1ccccc1)N1CCOCC1)Nc1ccccc1[N+](=O)[O-]. The predicted octanol–water partition coefficient (Wildman–Crippen LogP) is 2.79. The second-order valence-corrected chi connectivity index (χ2v) is 6.18. The van der Waals surface area contributed by atoms with Crippen LogP contribution in [0.15, 0.2) is 54.6 Å². The van der Waals surface area contributed by atoms with Gasteiger partial charge >= 0.3 is 6.03 Å². The van der Waals surface area contributed by atoms with Gasteiger partial charge in [0, 0.05) is 25.7 Å². The van der Waals surface area contributed by atoms with E-state index in [-0.39, 0.29) is 17.4 Å². The molecule has 1 aliphatic heterocycles. The minimum atomic E-state index is -0.518. The number of hydrogen-bond acceptors (Lipinski definition) is 5. The van der Waals surface area contributed by atoms with E-state index in [1.807, 2.05) is 30.3 Å². The molecule has 0 spiro atoms. The normalized spacial score (nSPS) is 15.7. The van der Waals surface area contributed by atoms with Crippen LogP contribution in [-0.4, -0.2) is 48.7 Å². The first-order chi connectivity index (χ1) is 13.1. The first-order valence-electron chi connectivity index (χ1n) is 8.80. The molecule has 2 amide bonds. The number of urea groups is 1. The molecule has 3 rings (SSSR count). The van der Waals surface area contributed by atoms with Gasteiger partial charge in [-0.25, -0.2) is 4.79 Å². The lowest BCUT2D eigenvalue weighted by molar-refractivity contribution is -0.383. The highest BCUT2D eigenvalue weighted by Crippen LogP contribution is 2.24. The van der Waals surface area contributed by atoms with Crippen LogP contribution < -0.4 is 10.6 Å². The third-order valence-electron chi connectivity index (χ3n) is 4.48. The zero-order valence-corrected chi connectivity index (χ0v) is 14.8. The van der Waals surface area contributed by atoms with Crippen LogP contribution in [0.3, 0.4) is 0 Å². The van der Waals surface area contributed by atoms with Crippen molar-refractivity contribution >= 4 is 17.4 Å². The molecular formula is C19H22N4O4. The van der Waals surface area contributed by atoms with Crippen LogP contribution in [0.1, 0.15) is 11.6 Å². The van der Waals surface area contributed by atoms with E-state index in [9.17, 15) is 14.9 Å². The lowest BCUT2D eigenvalue weighted by Crippen LogP contribution is -2.44. The zero-order chi connectivity index (χ0) is 19.1. The van der Waals surface area contributed by atoms with Gasteiger partial charge in [-0.2, -0.15) is 0 Å². The van der Waals surface area contributed by atoms with E-state index < -0.39 is 11.0 Å². The second kappa shape index (κ2) is 9.11. The van der Waals surface area contributed by atoms with Crippen molar-refractivity contribution in [1.82, 2.24) is 10.2 Å². The highest BCUT2D eigenvalue weighted by molar-refractivity contribution is 5.91. The fraction of sp³-hybridized carbons (Fsp3) is 0.316. The highest BCUT2D eigenvalue weighted by Gasteiger charge is 2.23. The van der Waals surface area contributed by atoms with Crippen molar-refractivity contribution in [2.75, 3.05) is 38.2 Å². The van der Waals surface area contributed by atoms with E-state index in [2.05, 4.69) is 15.5 Å². The Labute approximate surface area is 157 Å². The third-order valence-corrected chi connectivity index (χ3v) is 4.48. The predicted molar refractivity (Wildman–Crippen MR) is 102 cm³/mol. The van der Waals surface area contributed by atoms with Gasteiger partial charge in [-0.15, -0.1) is 0 Å². The van der Waals surface area contributed by atoms with Gasteiger partial charge in [0.05, 0.1) is 24.2 Å². The molecule has 2 aromatic rings. The Kier molecular flexibility index (Phi) is 6.35. The van der Waals surface area contributed by atoms with Crippen molar-refractivity contribution in [2.45, 2.75) is 6.04 Å². The number of carbonyl (C=O) groups is 1. The maximum atomic E-state index is 12.3. The van der Waals surface area contributed by atoms with Crippen molar-refractivity contribution in [3.8, 4) is 0 Å². The summed E-state index contributed by atoms with van der Waals surface area (Å²) in [6.07, 6.45) is 0. The van der Waals surface area contributed by atoms with Crippen molar-refractivity contribution in [2.24, 2.45) is 0 Å². The Hall–Kier alpha value is -2.97. The summed E-state index contributed by atoms with van der Waals surface area (Å²) in [5.41, 5.74) is 1.13. The molecule has 142 valence electrons. The van der Waals surface area contributed by atoms with E-state index in [1.54, 1.807) is 12.1 Å². The fourth-order valence-corrected chi connectivity index (χ4v) is 3.12. The molecule has 0 aliphatic carbocycles. The van der Waals surface area contributed by atoms with Gasteiger partial charge in [0.25, 0.3) is 5.69 Å². The van der Waals surface area contributed by atoms with Crippen LogP contribution in [0.25, 0.3) is 0 Å². The van der Waals surface area contributed by atoms with Crippen molar-refractivity contribution in [3.05, 3.63) is 70.3 Å². The summed E-state index contributed by atoms with van der Waals surface area (Å²) in [6, 6.07) is 15.5. The molecular weight excluding hydrogens is 348 g/mol. The van der Waals surface area contributed by atoms with Gasteiger partial charge in [-0.1, -0.05) is 42.5 Å². The highest BCUT2D eigenvalue weighted by atomic mass is 16.6. The van der Waals surface area contributed by atoms with Crippen LogP contribution in [0.5, 0.6) is 0 Å². The quantitative estimate of drug-likeness (QED) is 0.602. The van der Waals surface area contributed by atoms with Crippen LogP contribution in [0.2, 0.25) is 0 Å². The number of nitrogens with one attached hydrogen (secondary N) is 2. The number of morpholine rings is 1. The first-order valence-corrected chi connectivity index (χ1v) is 8.80. The number of carbonyl (C=O) groups excluding carboxylic acids is 1. The summed E-state index contributed by atoms with van der Waals surface area (Å²) in [7, 11) is 0. The molecule has 1 aliphatic rings. The van der Waals surface area contributed by atoms with Crippen molar-refractivity contribution in [1.29, 1.82) is 0 Å². The number of anilines is 1. The number of nitro groups is 1. The molecule has 1 heterocycles. The number of ether oxygens (including phenoxy) is 1. The van der Waals surface area contributed by atoms with Crippen LogP contribution in [0.4, 0.5) is 16.2 Å². The smallest absolute Gasteiger partial charge is 0.319 e. The fourth-order valence-electron chi connectivity index (χ4n) is 3.12. The molecule has 0 aromatic heterocycles. The zero-order valence-electron chi connectivity index (χ0n) is 14.8. The number of nitro benzene ring substituents is 1. The Morgan fingerprint density at radius 3 is 2.48 bits per heavy atom. The van der Waals surface area contributed by atoms with Crippen LogP contribution in [0, 0.1) is 10.1 Å². The third kappa shape index (κ3) is 5.02. The molecule has 1 saturated heterocycles. The second-order valence-electron chi connectivity index (χ2n) is 6.18. The summed E-state index contributed by atoms with van der Waals surface area (Å²) in [5, 5.41) is 16.5. The topological polar surface area (TPSA) is 96.7 Å². The Bertz CT molecular complexity index is 778. The summed E-state index contributed by atoms with van der Waals surface area (Å²) in [4.78, 5) is 25.1. The van der Waals surface area contributed by atoms with Gasteiger partial charge in [-0.05, 0) is 11.6 Å². The Morgan fingerprint density at radius 1 is 1.11 bits per heavy atom. The molecule has 2 N–H and O–H groups in total. The van der Waals surface area contributed by atoms with Gasteiger partial charge in [0.1, 0.15) is 5.69 Å². The summed E-state index contributed by atoms with van der Waals surface area (Å²) in [6.45, 7) is 3.27. The summed E-state index contributed by atoms with van der Waals surface area (Å²) in [5.74, 6) is 0. The standard InChI is InChI=1S/C19H22N4O4/c24-19(21-16-8-4-5-9-17(16)23(25)26)20-14-18(15-6-2-1-3-7-15)22-10-12-27-13-11-22/h1-9,18H,10-14H2,(H2,20,21,24)/t18-/m0/s1. The number of rotatable bonds is 6. The lowest BCUT2D eigenvalue weighted by atomic mass is 10.0. The summed E-state index contributed by atoms with van der Waals surface area (Å²) < 4.78 is 5.42. The number of amides is 2. The first kappa shape index (κ1) is 18.8. The van der Waals surface area contributed by atoms with Crippen LogP contribution in [-0.2, 0) is 4.74 Å². The molecule has 0 unspecified atom stereocenters. The molecule has 27 heavy (non-hydrogen) atoms. The maximum absolute atomic E-state index is 12.3.